The number of nitrogens with one attached hydrogen (secondary N) is 2. The predicted molar refractivity (Wildman–Crippen MR) is 109 cm³/mol. The molecule has 2 N–H and O–H groups in total. The predicted octanol–water partition coefficient (Wildman–Crippen LogP) is 2.89. The fourth-order valence-corrected chi connectivity index (χ4v) is 3.12. The summed E-state index contributed by atoms with van der Waals surface area (Å²) < 4.78 is 6.93. The first-order valence-corrected chi connectivity index (χ1v) is 9.56. The third-order valence-electron chi connectivity index (χ3n) is 4.42. The van der Waals surface area contributed by atoms with Crippen molar-refractivity contribution in [3.63, 3.8) is 0 Å². The van der Waals surface area contributed by atoms with Crippen LogP contribution in [0, 0.1) is 13.8 Å². The Labute approximate surface area is 174 Å². The molecule has 7 nitrogen and oxygen atoms in total. The lowest BCUT2D eigenvalue weighted by atomic mass is 10.1. The second-order valence-electron chi connectivity index (χ2n) is 6.38. The van der Waals surface area contributed by atoms with Gasteiger partial charge in [0, 0.05) is 24.9 Å². The van der Waals surface area contributed by atoms with Crippen LogP contribution in [0.25, 0.3) is 0 Å². The van der Waals surface area contributed by atoms with Gasteiger partial charge in [0.05, 0.1) is 34.5 Å². The number of halogens is 2. The third kappa shape index (κ3) is 5.25. The van der Waals surface area contributed by atoms with Gasteiger partial charge in [-0.1, -0.05) is 29.3 Å². The number of aromatic nitrogens is 2. The van der Waals surface area contributed by atoms with Crippen LogP contribution in [0.4, 0.5) is 0 Å². The monoisotopic (exact) mass is 426 g/mol. The van der Waals surface area contributed by atoms with Gasteiger partial charge in [-0.3, -0.25) is 14.3 Å². The molecule has 1 atom stereocenters. The molecule has 0 spiro atoms. The van der Waals surface area contributed by atoms with Gasteiger partial charge >= 0.3 is 0 Å². The van der Waals surface area contributed by atoms with Crippen molar-refractivity contribution in [2.45, 2.75) is 39.9 Å². The first-order chi connectivity index (χ1) is 13.3. The zero-order valence-electron chi connectivity index (χ0n) is 16.3. The molecule has 0 radical (unpaired) electrons. The normalized spacial score (nSPS) is 11.9. The summed E-state index contributed by atoms with van der Waals surface area (Å²) in [5, 5.41) is 10.4. The Bertz CT molecular complexity index is 867. The van der Waals surface area contributed by atoms with Crippen LogP contribution in [-0.4, -0.2) is 41.4 Å². The van der Waals surface area contributed by atoms with Gasteiger partial charge in [-0.2, -0.15) is 5.10 Å². The van der Waals surface area contributed by atoms with Crippen molar-refractivity contribution >= 4 is 35.0 Å². The lowest BCUT2D eigenvalue weighted by Crippen LogP contribution is -2.44. The highest BCUT2D eigenvalue weighted by molar-refractivity contribution is 6.43. The number of aryl methyl sites for hydroxylation is 1. The van der Waals surface area contributed by atoms with E-state index in [1.54, 1.807) is 32.2 Å². The molecule has 0 saturated carbocycles. The Hall–Kier alpha value is -2.09. The molecule has 152 valence electrons. The molecule has 0 fully saturated rings. The third-order valence-corrected chi connectivity index (χ3v) is 5.23. The summed E-state index contributed by atoms with van der Waals surface area (Å²) in [6, 6.07) is 4.02. The van der Waals surface area contributed by atoms with E-state index in [-0.39, 0.29) is 21.5 Å². The fraction of sp³-hybridized carbons (Fsp3) is 0.421. The second kappa shape index (κ2) is 9.91. The van der Waals surface area contributed by atoms with Crippen LogP contribution < -0.4 is 10.6 Å². The van der Waals surface area contributed by atoms with Crippen molar-refractivity contribution < 1.29 is 14.3 Å². The minimum atomic E-state index is -0.744. The minimum absolute atomic E-state index is 0.156. The van der Waals surface area contributed by atoms with Crippen LogP contribution in [0.3, 0.4) is 0 Å². The van der Waals surface area contributed by atoms with Crippen LogP contribution >= 0.6 is 23.2 Å². The van der Waals surface area contributed by atoms with E-state index >= 15 is 0 Å². The van der Waals surface area contributed by atoms with E-state index in [0.29, 0.717) is 19.7 Å². The topological polar surface area (TPSA) is 85.2 Å². The SMILES string of the molecule is COCCn1nc(C)c(CNC(=O)C(C)NC(=O)c2cccc(Cl)c2Cl)c1C. The zero-order valence-corrected chi connectivity index (χ0v) is 17.8. The number of methoxy groups -OCH3 is 1. The first kappa shape index (κ1) is 22.2. The Morgan fingerprint density at radius 1 is 1.29 bits per heavy atom. The van der Waals surface area contributed by atoms with Gasteiger partial charge in [-0.15, -0.1) is 0 Å². The molecule has 0 aliphatic carbocycles. The Morgan fingerprint density at radius 3 is 2.68 bits per heavy atom. The van der Waals surface area contributed by atoms with Crippen LogP contribution in [0.15, 0.2) is 18.2 Å². The summed E-state index contributed by atoms with van der Waals surface area (Å²) in [5.41, 5.74) is 2.98. The highest BCUT2D eigenvalue weighted by Crippen LogP contribution is 2.25. The lowest BCUT2D eigenvalue weighted by Gasteiger charge is -2.15. The molecular formula is C19H24Cl2N4O3. The van der Waals surface area contributed by atoms with E-state index in [9.17, 15) is 9.59 Å². The summed E-state index contributed by atoms with van der Waals surface area (Å²) in [5.74, 6) is -0.773. The van der Waals surface area contributed by atoms with Crippen molar-refractivity contribution in [3.8, 4) is 0 Å². The smallest absolute Gasteiger partial charge is 0.253 e. The average molecular weight is 427 g/mol. The van der Waals surface area contributed by atoms with Gasteiger partial charge in [-0.25, -0.2) is 0 Å². The summed E-state index contributed by atoms with van der Waals surface area (Å²) >= 11 is 12.0. The summed E-state index contributed by atoms with van der Waals surface area (Å²) in [6.07, 6.45) is 0. The maximum atomic E-state index is 12.4. The largest absolute Gasteiger partial charge is 0.383 e. The van der Waals surface area contributed by atoms with Gasteiger partial charge in [0.25, 0.3) is 5.91 Å². The van der Waals surface area contributed by atoms with Crippen molar-refractivity contribution in [2.24, 2.45) is 0 Å². The first-order valence-electron chi connectivity index (χ1n) is 8.80. The van der Waals surface area contributed by atoms with Gasteiger partial charge in [0.2, 0.25) is 5.91 Å². The van der Waals surface area contributed by atoms with Crippen molar-refractivity contribution in [1.82, 2.24) is 20.4 Å². The Kier molecular flexibility index (Phi) is 7.86. The fourth-order valence-electron chi connectivity index (χ4n) is 2.73. The van der Waals surface area contributed by atoms with Crippen LogP contribution in [0.2, 0.25) is 10.0 Å². The minimum Gasteiger partial charge on any atom is -0.383 e. The molecule has 2 amide bonds. The molecule has 1 heterocycles. The number of nitrogens with zero attached hydrogens (tertiary/aromatic N) is 2. The number of carbonyl (C=O) groups is 2. The highest BCUT2D eigenvalue weighted by Gasteiger charge is 2.20. The summed E-state index contributed by atoms with van der Waals surface area (Å²) in [7, 11) is 1.64. The second-order valence-corrected chi connectivity index (χ2v) is 7.16. The Morgan fingerprint density at radius 2 is 2.00 bits per heavy atom. The number of ether oxygens (including phenoxy) is 1. The quantitative estimate of drug-likeness (QED) is 0.679. The standard InChI is InChI=1S/C19H24Cl2N4O3/c1-11-15(13(3)25(24-11)8-9-28-4)10-22-18(26)12(2)23-19(27)14-6-5-7-16(20)17(14)21/h5-7,12H,8-10H2,1-4H3,(H,22,26)(H,23,27). The van der Waals surface area contributed by atoms with E-state index in [2.05, 4.69) is 15.7 Å². The molecule has 1 unspecified atom stereocenters. The van der Waals surface area contributed by atoms with E-state index in [1.807, 2.05) is 18.5 Å². The molecule has 0 bridgehead atoms. The molecule has 2 aromatic rings. The van der Waals surface area contributed by atoms with Gasteiger partial charge in [0.1, 0.15) is 6.04 Å². The lowest BCUT2D eigenvalue weighted by molar-refractivity contribution is -0.122. The van der Waals surface area contributed by atoms with Crippen LogP contribution in [-0.2, 0) is 22.6 Å². The van der Waals surface area contributed by atoms with Crippen LogP contribution in [0.5, 0.6) is 0 Å². The van der Waals surface area contributed by atoms with E-state index in [1.165, 1.54) is 0 Å². The molecule has 2 rings (SSSR count). The van der Waals surface area contributed by atoms with Crippen molar-refractivity contribution in [2.75, 3.05) is 13.7 Å². The number of benzene rings is 1. The molecular weight excluding hydrogens is 403 g/mol. The zero-order chi connectivity index (χ0) is 20.8. The maximum Gasteiger partial charge on any atom is 0.253 e. The molecule has 0 saturated heterocycles. The highest BCUT2D eigenvalue weighted by atomic mass is 35.5. The number of amides is 2. The van der Waals surface area contributed by atoms with Crippen LogP contribution in [0.1, 0.15) is 34.2 Å². The van der Waals surface area contributed by atoms with Crippen molar-refractivity contribution in [1.29, 1.82) is 0 Å². The number of hydrogen-bond acceptors (Lipinski definition) is 4. The molecule has 1 aromatic carbocycles. The maximum absolute atomic E-state index is 12.4. The average Bonchev–Trinajstić information content (AvgIpc) is 2.93. The number of carbonyl (C=O) groups excluding carboxylic acids is 2. The van der Waals surface area contributed by atoms with Gasteiger partial charge in [0.15, 0.2) is 0 Å². The van der Waals surface area contributed by atoms with E-state index < -0.39 is 11.9 Å². The number of rotatable bonds is 8. The van der Waals surface area contributed by atoms with E-state index in [4.69, 9.17) is 27.9 Å². The van der Waals surface area contributed by atoms with Gasteiger partial charge < -0.3 is 15.4 Å². The Balaban J connectivity index is 1.97. The molecule has 9 heteroatoms. The van der Waals surface area contributed by atoms with Gasteiger partial charge in [-0.05, 0) is 32.9 Å². The van der Waals surface area contributed by atoms with Crippen molar-refractivity contribution in [3.05, 3.63) is 50.8 Å². The number of hydrogen-bond donors (Lipinski definition) is 2. The summed E-state index contributed by atoms with van der Waals surface area (Å²) in [4.78, 5) is 24.8. The van der Waals surface area contributed by atoms with E-state index in [0.717, 1.165) is 17.0 Å². The molecule has 1 aromatic heterocycles. The molecule has 28 heavy (non-hydrogen) atoms. The molecule has 0 aliphatic heterocycles. The summed E-state index contributed by atoms with van der Waals surface area (Å²) in [6.45, 7) is 6.97. The molecule has 0 aliphatic rings.